The lowest BCUT2D eigenvalue weighted by atomic mass is 10.0. The van der Waals surface area contributed by atoms with E-state index in [1.54, 1.807) is 6.92 Å². The molecule has 0 aromatic carbocycles. The molecule has 1 atom stereocenters. The number of nitrogens with one attached hydrogen (secondary N) is 1. The zero-order valence-corrected chi connectivity index (χ0v) is 11.7. The molecule has 3 N–H and O–H groups in total. The number of carbonyl (C=O) groups is 1. The van der Waals surface area contributed by atoms with Gasteiger partial charge >= 0.3 is 0 Å². The monoisotopic (exact) mass is 265 g/mol. The first-order valence-corrected chi connectivity index (χ1v) is 5.79. The predicted molar refractivity (Wildman–Crippen MR) is 70.4 cm³/mol. The van der Waals surface area contributed by atoms with Gasteiger partial charge < -0.3 is 15.8 Å². The van der Waals surface area contributed by atoms with Gasteiger partial charge in [-0.3, -0.25) is 9.69 Å². The van der Waals surface area contributed by atoms with Crippen LogP contribution in [0.2, 0.25) is 0 Å². The number of halogens is 1. The molecule has 1 heterocycles. The molecule has 6 heteroatoms. The number of amides is 1. The van der Waals surface area contributed by atoms with E-state index in [9.17, 15) is 4.79 Å². The van der Waals surface area contributed by atoms with Crippen molar-refractivity contribution in [1.82, 2.24) is 10.2 Å². The Bertz CT molecular complexity index is 241. The van der Waals surface area contributed by atoms with Crippen molar-refractivity contribution in [3.05, 3.63) is 0 Å². The molecular formula is C11H24ClN3O2. The van der Waals surface area contributed by atoms with E-state index >= 15 is 0 Å². The largest absolute Gasteiger partial charge is 0.379 e. The van der Waals surface area contributed by atoms with Crippen LogP contribution in [0.3, 0.4) is 0 Å². The highest BCUT2D eigenvalue weighted by Crippen LogP contribution is 2.14. The number of morpholine rings is 1. The minimum absolute atomic E-state index is 0. The van der Waals surface area contributed by atoms with E-state index in [0.717, 1.165) is 26.3 Å². The average molecular weight is 266 g/mol. The van der Waals surface area contributed by atoms with Gasteiger partial charge in [-0.25, -0.2) is 0 Å². The van der Waals surface area contributed by atoms with Crippen LogP contribution in [-0.4, -0.2) is 55.2 Å². The van der Waals surface area contributed by atoms with Crippen LogP contribution in [0.1, 0.15) is 20.8 Å². The van der Waals surface area contributed by atoms with E-state index in [1.165, 1.54) is 0 Å². The Hall–Kier alpha value is -0.360. The minimum atomic E-state index is -0.444. The molecular weight excluding hydrogens is 242 g/mol. The number of hydrogen-bond acceptors (Lipinski definition) is 4. The van der Waals surface area contributed by atoms with Crippen molar-refractivity contribution >= 4 is 18.3 Å². The summed E-state index contributed by atoms with van der Waals surface area (Å²) in [5.74, 6) is -0.0960. The second-order valence-corrected chi connectivity index (χ2v) is 4.92. The van der Waals surface area contributed by atoms with Gasteiger partial charge in [-0.05, 0) is 20.8 Å². The van der Waals surface area contributed by atoms with Crippen molar-refractivity contribution in [2.45, 2.75) is 32.4 Å². The number of nitrogens with two attached hydrogens (primary N) is 1. The normalized spacial score (nSPS) is 19.3. The number of rotatable bonds is 4. The molecule has 0 saturated carbocycles. The lowest BCUT2D eigenvalue weighted by Crippen LogP contribution is -2.56. The third kappa shape index (κ3) is 5.21. The smallest absolute Gasteiger partial charge is 0.236 e. The lowest BCUT2D eigenvalue weighted by molar-refractivity contribution is -0.122. The van der Waals surface area contributed by atoms with Crippen molar-refractivity contribution in [2.24, 2.45) is 5.73 Å². The molecule has 5 nitrogen and oxygen atoms in total. The average Bonchev–Trinajstić information content (AvgIpc) is 2.27. The van der Waals surface area contributed by atoms with Crippen LogP contribution in [0, 0.1) is 0 Å². The van der Waals surface area contributed by atoms with Gasteiger partial charge in [0.25, 0.3) is 0 Å². The Labute approximate surface area is 109 Å². The summed E-state index contributed by atoms with van der Waals surface area (Å²) in [5, 5.41) is 2.87. The molecule has 1 saturated heterocycles. The Kier molecular flexibility index (Phi) is 7.01. The van der Waals surface area contributed by atoms with E-state index in [1.807, 2.05) is 0 Å². The van der Waals surface area contributed by atoms with Crippen LogP contribution in [0.4, 0.5) is 0 Å². The summed E-state index contributed by atoms with van der Waals surface area (Å²) in [5.41, 5.74) is 5.45. The molecule has 0 aromatic heterocycles. The Morgan fingerprint density at radius 1 is 1.47 bits per heavy atom. The second-order valence-electron chi connectivity index (χ2n) is 4.92. The molecule has 1 unspecified atom stereocenters. The number of ether oxygens (including phenoxy) is 1. The summed E-state index contributed by atoms with van der Waals surface area (Å²) >= 11 is 0. The highest BCUT2D eigenvalue weighted by Gasteiger charge is 2.28. The first kappa shape index (κ1) is 16.6. The molecule has 17 heavy (non-hydrogen) atoms. The summed E-state index contributed by atoms with van der Waals surface area (Å²) in [6.45, 7) is 9.93. The van der Waals surface area contributed by atoms with Crippen molar-refractivity contribution in [3.63, 3.8) is 0 Å². The zero-order valence-electron chi connectivity index (χ0n) is 10.9. The van der Waals surface area contributed by atoms with Crippen molar-refractivity contribution in [3.8, 4) is 0 Å². The SMILES string of the molecule is CC(N)C(=O)NCC(C)(C)N1CCOCC1.Cl. The molecule has 1 aliphatic rings. The van der Waals surface area contributed by atoms with Crippen LogP contribution < -0.4 is 11.1 Å². The predicted octanol–water partition coefficient (Wildman–Crippen LogP) is -0.0176. The highest BCUT2D eigenvalue weighted by atomic mass is 35.5. The van der Waals surface area contributed by atoms with Crippen molar-refractivity contribution in [2.75, 3.05) is 32.8 Å². The van der Waals surface area contributed by atoms with Gasteiger partial charge in [-0.1, -0.05) is 0 Å². The first-order chi connectivity index (χ1) is 7.43. The van der Waals surface area contributed by atoms with Gasteiger partial charge in [0, 0.05) is 25.2 Å². The summed E-state index contributed by atoms with van der Waals surface area (Å²) in [7, 11) is 0. The van der Waals surface area contributed by atoms with E-state index in [0.29, 0.717) is 6.54 Å². The highest BCUT2D eigenvalue weighted by molar-refractivity contribution is 5.85. The quantitative estimate of drug-likeness (QED) is 0.750. The lowest BCUT2D eigenvalue weighted by Gasteiger charge is -2.40. The van der Waals surface area contributed by atoms with Crippen LogP contribution in [0.5, 0.6) is 0 Å². The Morgan fingerprint density at radius 2 is 2.00 bits per heavy atom. The van der Waals surface area contributed by atoms with E-state index in [4.69, 9.17) is 10.5 Å². The topological polar surface area (TPSA) is 67.6 Å². The molecule has 0 spiro atoms. The van der Waals surface area contributed by atoms with E-state index in [-0.39, 0.29) is 23.9 Å². The third-order valence-electron chi connectivity index (χ3n) is 2.98. The van der Waals surface area contributed by atoms with Crippen LogP contribution >= 0.6 is 12.4 Å². The fourth-order valence-corrected chi connectivity index (χ4v) is 1.74. The number of nitrogens with zero attached hydrogens (tertiary/aromatic N) is 1. The van der Waals surface area contributed by atoms with Gasteiger partial charge in [-0.15, -0.1) is 12.4 Å². The van der Waals surface area contributed by atoms with Crippen LogP contribution in [0.25, 0.3) is 0 Å². The van der Waals surface area contributed by atoms with Crippen molar-refractivity contribution < 1.29 is 9.53 Å². The fraction of sp³-hybridized carbons (Fsp3) is 0.909. The maximum Gasteiger partial charge on any atom is 0.236 e. The molecule has 1 rings (SSSR count). The third-order valence-corrected chi connectivity index (χ3v) is 2.98. The van der Waals surface area contributed by atoms with E-state index < -0.39 is 6.04 Å². The van der Waals surface area contributed by atoms with Gasteiger partial charge in [0.05, 0.1) is 19.3 Å². The van der Waals surface area contributed by atoms with Crippen LogP contribution in [0.15, 0.2) is 0 Å². The van der Waals surface area contributed by atoms with Gasteiger partial charge in [0.2, 0.25) is 5.91 Å². The molecule has 0 radical (unpaired) electrons. The summed E-state index contributed by atoms with van der Waals surface area (Å²) in [6.07, 6.45) is 0. The van der Waals surface area contributed by atoms with E-state index in [2.05, 4.69) is 24.1 Å². The van der Waals surface area contributed by atoms with Crippen LogP contribution in [-0.2, 0) is 9.53 Å². The molecule has 0 bridgehead atoms. The molecule has 0 aromatic rings. The van der Waals surface area contributed by atoms with Gasteiger partial charge in [-0.2, -0.15) is 0 Å². The Balaban J connectivity index is 0.00000256. The number of carbonyl (C=O) groups excluding carboxylic acids is 1. The molecule has 1 fully saturated rings. The standard InChI is InChI=1S/C11H23N3O2.ClH/c1-9(12)10(15)13-8-11(2,3)14-4-6-16-7-5-14;/h9H,4-8,12H2,1-3H3,(H,13,15);1H. The second kappa shape index (κ2) is 7.16. The number of hydrogen-bond donors (Lipinski definition) is 2. The Morgan fingerprint density at radius 3 is 2.47 bits per heavy atom. The first-order valence-electron chi connectivity index (χ1n) is 5.79. The van der Waals surface area contributed by atoms with Gasteiger partial charge in [0.15, 0.2) is 0 Å². The maximum absolute atomic E-state index is 11.4. The summed E-state index contributed by atoms with van der Waals surface area (Å²) < 4.78 is 5.31. The fourth-order valence-electron chi connectivity index (χ4n) is 1.74. The minimum Gasteiger partial charge on any atom is -0.379 e. The van der Waals surface area contributed by atoms with Crippen molar-refractivity contribution in [1.29, 1.82) is 0 Å². The molecule has 0 aliphatic carbocycles. The zero-order chi connectivity index (χ0) is 12.2. The molecule has 1 amide bonds. The summed E-state index contributed by atoms with van der Waals surface area (Å²) in [4.78, 5) is 13.7. The molecule has 1 aliphatic heterocycles. The molecule has 102 valence electrons. The maximum atomic E-state index is 11.4. The van der Waals surface area contributed by atoms with Gasteiger partial charge in [0.1, 0.15) is 0 Å². The summed E-state index contributed by atoms with van der Waals surface area (Å²) in [6, 6.07) is -0.444.